The second kappa shape index (κ2) is 7.61. The molecule has 1 aromatic carbocycles. The van der Waals surface area contributed by atoms with Crippen molar-refractivity contribution in [2.45, 2.75) is 18.5 Å². The molecule has 6 nitrogen and oxygen atoms in total. The van der Waals surface area contributed by atoms with Gasteiger partial charge < -0.3 is 5.11 Å². The van der Waals surface area contributed by atoms with Crippen LogP contribution in [0.2, 0.25) is 0 Å². The maximum Gasteiger partial charge on any atom is 0.408 e. The van der Waals surface area contributed by atoms with E-state index in [0.717, 1.165) is 10.5 Å². The Balaban J connectivity index is 2.06. The molecule has 7 heteroatoms. The summed E-state index contributed by atoms with van der Waals surface area (Å²) in [6, 6.07) is 11.0. The van der Waals surface area contributed by atoms with Gasteiger partial charge in [-0.2, -0.15) is 0 Å². The summed E-state index contributed by atoms with van der Waals surface area (Å²) in [6.07, 6.45) is 6.89. The minimum atomic E-state index is -1.36. The van der Waals surface area contributed by atoms with Gasteiger partial charge in [0.1, 0.15) is 11.9 Å². The summed E-state index contributed by atoms with van der Waals surface area (Å²) >= 11 is 3.26. The Morgan fingerprint density at radius 2 is 2.00 bits per heavy atom. The number of amides is 1. The van der Waals surface area contributed by atoms with Crippen molar-refractivity contribution in [1.82, 2.24) is 14.9 Å². The fourth-order valence-corrected chi connectivity index (χ4v) is 3.45. The highest BCUT2D eigenvalue weighted by Crippen LogP contribution is 2.33. The van der Waals surface area contributed by atoms with Gasteiger partial charge in [0.2, 0.25) is 0 Å². The summed E-state index contributed by atoms with van der Waals surface area (Å²) in [5.41, 5.74) is 0.0227. The van der Waals surface area contributed by atoms with E-state index in [1.165, 1.54) is 6.33 Å². The Kier molecular flexibility index (Phi) is 5.27. The molecule has 1 atom stereocenters. The van der Waals surface area contributed by atoms with E-state index in [1.54, 1.807) is 30.5 Å². The van der Waals surface area contributed by atoms with Crippen molar-refractivity contribution < 1.29 is 14.7 Å². The molecule has 1 unspecified atom stereocenters. The lowest BCUT2D eigenvalue weighted by Crippen LogP contribution is -2.57. The van der Waals surface area contributed by atoms with Crippen LogP contribution in [0.4, 0.5) is 4.79 Å². The van der Waals surface area contributed by atoms with Crippen molar-refractivity contribution in [3.8, 4) is 0 Å². The van der Waals surface area contributed by atoms with Gasteiger partial charge in [-0.05, 0) is 33.6 Å². The molecule has 132 valence electrons. The van der Waals surface area contributed by atoms with Gasteiger partial charge in [-0.3, -0.25) is 9.69 Å². The Bertz CT molecular complexity index is 868. The maximum absolute atomic E-state index is 13.1. The van der Waals surface area contributed by atoms with E-state index in [4.69, 9.17) is 0 Å². The van der Waals surface area contributed by atoms with Crippen molar-refractivity contribution in [2.24, 2.45) is 0 Å². The number of hydrogen-bond acceptors (Lipinski definition) is 4. The third kappa shape index (κ3) is 3.57. The van der Waals surface area contributed by atoms with Crippen molar-refractivity contribution >= 4 is 27.8 Å². The minimum absolute atomic E-state index is 0.0267. The smallest absolute Gasteiger partial charge is 0.408 e. The zero-order valence-electron chi connectivity index (χ0n) is 13.7. The number of rotatable bonds is 5. The first kappa shape index (κ1) is 18.0. The monoisotopic (exact) mass is 413 g/mol. The molecule has 0 spiro atoms. The second-order valence-corrected chi connectivity index (χ2v) is 6.71. The first-order valence-electron chi connectivity index (χ1n) is 7.92. The number of carbonyl (C=O) groups is 2. The average molecular weight is 414 g/mol. The number of aromatic nitrogens is 2. The number of nitrogens with zero attached hydrogens (tertiary/aromatic N) is 3. The normalized spacial score (nSPS) is 19.1. The molecule has 0 saturated carbocycles. The molecule has 1 N–H and O–H groups in total. The van der Waals surface area contributed by atoms with Gasteiger partial charge in [-0.25, -0.2) is 14.8 Å². The number of carbonyl (C=O) groups excluding carboxylic acids is 1. The molecule has 0 bridgehead atoms. The largest absolute Gasteiger partial charge is 0.465 e. The molecule has 0 radical (unpaired) electrons. The molecule has 1 heterocycles. The average Bonchev–Trinajstić information content (AvgIpc) is 2.65. The Hall–Kier alpha value is -2.80. The van der Waals surface area contributed by atoms with Crippen LogP contribution in [-0.4, -0.2) is 37.4 Å². The summed E-state index contributed by atoms with van der Waals surface area (Å²) in [4.78, 5) is 34.3. The quantitative estimate of drug-likeness (QED) is 0.812. The van der Waals surface area contributed by atoms with E-state index in [0.29, 0.717) is 10.2 Å². The molecule has 1 aromatic heterocycles. The number of allylic oxidation sites excluding steroid dienone is 2. The first-order chi connectivity index (χ1) is 12.5. The van der Waals surface area contributed by atoms with E-state index >= 15 is 0 Å². The van der Waals surface area contributed by atoms with E-state index in [9.17, 15) is 14.7 Å². The van der Waals surface area contributed by atoms with Crippen molar-refractivity contribution in [3.63, 3.8) is 0 Å². The molecular formula is C19H16BrN3O3. The molecule has 0 fully saturated rings. The third-order valence-corrected chi connectivity index (χ3v) is 4.84. The lowest BCUT2D eigenvalue weighted by molar-refractivity contribution is -0.123. The maximum atomic E-state index is 13.1. The van der Waals surface area contributed by atoms with Crippen LogP contribution in [0, 0.1) is 0 Å². The number of Topliss-reactive ketones (excluding diaryl/α,β-unsaturated/α-hetero) is 1. The lowest BCUT2D eigenvalue weighted by Gasteiger charge is -2.40. The topological polar surface area (TPSA) is 83.4 Å². The van der Waals surface area contributed by atoms with Crippen LogP contribution in [-0.2, 0) is 17.8 Å². The molecule has 26 heavy (non-hydrogen) atoms. The van der Waals surface area contributed by atoms with Gasteiger partial charge in [-0.1, -0.05) is 42.5 Å². The highest BCUT2D eigenvalue weighted by atomic mass is 79.9. The molecule has 3 rings (SSSR count). The van der Waals surface area contributed by atoms with Crippen LogP contribution in [0.5, 0.6) is 0 Å². The van der Waals surface area contributed by atoms with Gasteiger partial charge in [0.15, 0.2) is 5.78 Å². The summed E-state index contributed by atoms with van der Waals surface area (Å²) in [7, 11) is 0. The molecule has 1 aliphatic carbocycles. The molecule has 2 aromatic rings. The van der Waals surface area contributed by atoms with Crippen LogP contribution in [0.15, 0.2) is 71.6 Å². The lowest BCUT2D eigenvalue weighted by atomic mass is 9.82. The van der Waals surface area contributed by atoms with Crippen LogP contribution in [0.1, 0.15) is 11.3 Å². The van der Waals surface area contributed by atoms with Gasteiger partial charge in [0.05, 0.1) is 16.7 Å². The summed E-state index contributed by atoms with van der Waals surface area (Å²) in [5, 5.41) is 9.90. The predicted octanol–water partition coefficient (Wildman–Crippen LogP) is 3.36. The van der Waals surface area contributed by atoms with E-state index in [1.807, 2.05) is 30.3 Å². The highest BCUT2D eigenvalue weighted by molar-refractivity contribution is 9.12. The van der Waals surface area contributed by atoms with Gasteiger partial charge in [-0.15, -0.1) is 0 Å². The number of hydrogen-bond donors (Lipinski definition) is 1. The standard InChI is InChI=1S/C19H16BrN3O3/c20-16-7-4-9-19(17(16)24,11-14-5-2-1-3-6-14)23(18(25)26)12-15-8-10-21-13-22-15/h1-10,13H,11-12H2,(H,25,26). The van der Waals surface area contributed by atoms with Crippen molar-refractivity contribution in [1.29, 1.82) is 0 Å². The molecule has 0 aliphatic heterocycles. The van der Waals surface area contributed by atoms with Crippen LogP contribution in [0.25, 0.3) is 0 Å². The van der Waals surface area contributed by atoms with Crippen LogP contribution < -0.4 is 0 Å². The van der Waals surface area contributed by atoms with Crippen molar-refractivity contribution in [2.75, 3.05) is 0 Å². The van der Waals surface area contributed by atoms with Gasteiger partial charge in [0, 0.05) is 12.6 Å². The first-order valence-corrected chi connectivity index (χ1v) is 8.71. The Morgan fingerprint density at radius 3 is 2.65 bits per heavy atom. The molecule has 0 saturated heterocycles. The van der Waals surface area contributed by atoms with E-state index in [2.05, 4.69) is 25.9 Å². The molecular weight excluding hydrogens is 398 g/mol. The Labute approximate surface area is 159 Å². The molecule has 1 amide bonds. The number of benzene rings is 1. The second-order valence-electron chi connectivity index (χ2n) is 5.86. The van der Waals surface area contributed by atoms with Crippen LogP contribution in [0.3, 0.4) is 0 Å². The van der Waals surface area contributed by atoms with E-state index < -0.39 is 11.6 Å². The fraction of sp³-hybridized carbons (Fsp3) is 0.158. The zero-order chi connectivity index (χ0) is 18.6. The highest BCUT2D eigenvalue weighted by Gasteiger charge is 2.46. The Morgan fingerprint density at radius 1 is 1.23 bits per heavy atom. The number of halogens is 1. The van der Waals surface area contributed by atoms with Gasteiger partial charge in [0.25, 0.3) is 0 Å². The summed E-state index contributed by atoms with van der Waals surface area (Å²) in [6.45, 7) is -0.0267. The summed E-state index contributed by atoms with van der Waals surface area (Å²) < 4.78 is 0.338. The summed E-state index contributed by atoms with van der Waals surface area (Å²) in [5.74, 6) is -0.305. The van der Waals surface area contributed by atoms with Gasteiger partial charge >= 0.3 is 6.09 Å². The minimum Gasteiger partial charge on any atom is -0.465 e. The zero-order valence-corrected chi connectivity index (χ0v) is 15.3. The molecule has 1 aliphatic rings. The fourth-order valence-electron chi connectivity index (χ4n) is 2.96. The predicted molar refractivity (Wildman–Crippen MR) is 99.6 cm³/mol. The van der Waals surface area contributed by atoms with E-state index in [-0.39, 0.29) is 18.7 Å². The van der Waals surface area contributed by atoms with Crippen LogP contribution >= 0.6 is 15.9 Å². The SMILES string of the molecule is O=C(O)N(Cc1ccncn1)C1(Cc2ccccc2)C=CC=C(Br)C1=O. The third-order valence-electron chi connectivity index (χ3n) is 4.22. The van der Waals surface area contributed by atoms with Crippen molar-refractivity contribution in [3.05, 3.63) is 82.9 Å². The number of carboxylic acid groups (broad SMARTS) is 1. The number of ketones is 1.